The van der Waals surface area contributed by atoms with E-state index in [4.69, 9.17) is 4.42 Å². The van der Waals surface area contributed by atoms with Crippen LogP contribution in [0.25, 0.3) is 0 Å². The van der Waals surface area contributed by atoms with Gasteiger partial charge in [0, 0.05) is 18.3 Å². The Morgan fingerprint density at radius 3 is 2.40 bits per heavy atom. The second-order valence-electron chi connectivity index (χ2n) is 4.11. The molecule has 2 rings (SSSR count). The van der Waals surface area contributed by atoms with Crippen LogP contribution < -0.4 is 10.6 Å². The maximum Gasteiger partial charge on any atom is 0.433 e. The number of carbonyl (C=O) groups is 1. The van der Waals surface area contributed by atoms with Crippen LogP contribution in [0.1, 0.15) is 12.7 Å². The molecule has 2 N–H and O–H groups in total. The number of anilines is 2. The molecule has 0 aliphatic heterocycles. The summed E-state index contributed by atoms with van der Waals surface area (Å²) in [6.07, 6.45) is 0. The lowest BCUT2D eigenvalue weighted by Crippen LogP contribution is -2.05. The fourth-order valence-corrected chi connectivity index (χ4v) is 1.62. The van der Waals surface area contributed by atoms with Crippen molar-refractivity contribution in [2.45, 2.75) is 13.5 Å². The van der Waals surface area contributed by atoms with Crippen LogP contribution in [0.2, 0.25) is 0 Å². The molecule has 0 aliphatic rings. The van der Waals surface area contributed by atoms with Crippen molar-refractivity contribution in [3.63, 3.8) is 0 Å². The van der Waals surface area contributed by atoms with Crippen molar-refractivity contribution in [3.8, 4) is 0 Å². The molecule has 2 aromatic rings. The number of benzene rings is 1. The molecule has 0 bridgehead atoms. The minimum Gasteiger partial charge on any atom is -0.404 e. The average molecular weight is 275 g/mol. The molecule has 1 aromatic carbocycles. The second-order valence-corrected chi connectivity index (χ2v) is 4.11. The van der Waals surface area contributed by atoms with E-state index in [1.165, 1.54) is 13.0 Å². The minimum atomic E-state index is -0.578. The highest BCUT2D eigenvalue weighted by atomic mass is 16.6. The molecule has 0 unspecified atom stereocenters. The number of amides is 1. The van der Waals surface area contributed by atoms with Crippen molar-refractivity contribution in [2.24, 2.45) is 0 Å². The van der Waals surface area contributed by atoms with E-state index in [0.29, 0.717) is 18.0 Å². The van der Waals surface area contributed by atoms with E-state index in [2.05, 4.69) is 10.6 Å². The van der Waals surface area contributed by atoms with Gasteiger partial charge in [-0.2, -0.15) is 0 Å². The molecule has 0 fully saturated rings. The Morgan fingerprint density at radius 2 is 1.85 bits per heavy atom. The Labute approximate surface area is 114 Å². The fourth-order valence-electron chi connectivity index (χ4n) is 1.62. The van der Waals surface area contributed by atoms with Crippen LogP contribution in [-0.4, -0.2) is 10.8 Å². The summed E-state index contributed by atoms with van der Waals surface area (Å²) < 4.78 is 5.02. The highest BCUT2D eigenvalue weighted by molar-refractivity contribution is 5.88. The van der Waals surface area contributed by atoms with Crippen LogP contribution in [0, 0.1) is 10.1 Å². The molecule has 0 aliphatic carbocycles. The SMILES string of the molecule is CC(=O)Nc1ccc(NCc2ccc([N+](=O)[O-])o2)cc1. The van der Waals surface area contributed by atoms with E-state index in [1.807, 2.05) is 0 Å². The third kappa shape index (κ3) is 3.58. The van der Waals surface area contributed by atoms with Gasteiger partial charge in [-0.25, -0.2) is 0 Å². The fraction of sp³-hybridized carbons (Fsp3) is 0.154. The highest BCUT2D eigenvalue weighted by Gasteiger charge is 2.11. The Hall–Kier alpha value is -2.83. The zero-order valence-corrected chi connectivity index (χ0v) is 10.8. The van der Waals surface area contributed by atoms with Gasteiger partial charge in [-0.15, -0.1) is 0 Å². The van der Waals surface area contributed by atoms with Gasteiger partial charge in [0.1, 0.15) is 10.7 Å². The van der Waals surface area contributed by atoms with E-state index < -0.39 is 4.92 Å². The lowest BCUT2D eigenvalue weighted by molar-refractivity contribution is -0.402. The topological polar surface area (TPSA) is 97.4 Å². The first-order valence-corrected chi connectivity index (χ1v) is 5.89. The standard InChI is InChI=1S/C13H13N3O4/c1-9(17)15-11-4-2-10(3-5-11)14-8-12-6-7-13(20-12)16(18)19/h2-7,14H,8H2,1H3,(H,15,17). The molecule has 1 aromatic heterocycles. The van der Waals surface area contributed by atoms with Crippen LogP contribution in [0.5, 0.6) is 0 Å². The largest absolute Gasteiger partial charge is 0.433 e. The maximum absolute atomic E-state index is 10.9. The zero-order chi connectivity index (χ0) is 14.5. The lowest BCUT2D eigenvalue weighted by Gasteiger charge is -2.06. The summed E-state index contributed by atoms with van der Waals surface area (Å²) in [5.74, 6) is 0.0686. The highest BCUT2D eigenvalue weighted by Crippen LogP contribution is 2.18. The van der Waals surface area contributed by atoms with Crippen molar-refractivity contribution >= 4 is 23.2 Å². The minimum absolute atomic E-state index is 0.131. The van der Waals surface area contributed by atoms with Gasteiger partial charge in [0.25, 0.3) is 0 Å². The smallest absolute Gasteiger partial charge is 0.404 e. The lowest BCUT2D eigenvalue weighted by atomic mass is 10.2. The Bertz CT molecular complexity index is 619. The third-order valence-corrected chi connectivity index (χ3v) is 2.50. The normalized spacial score (nSPS) is 10.1. The number of carbonyl (C=O) groups excluding carboxylic acids is 1. The van der Waals surface area contributed by atoms with Crippen LogP contribution >= 0.6 is 0 Å². The van der Waals surface area contributed by atoms with E-state index in [-0.39, 0.29) is 11.8 Å². The molecule has 7 heteroatoms. The van der Waals surface area contributed by atoms with Gasteiger partial charge in [0.15, 0.2) is 0 Å². The maximum atomic E-state index is 10.9. The molecule has 0 saturated carbocycles. The van der Waals surface area contributed by atoms with Crippen LogP contribution in [-0.2, 0) is 11.3 Å². The van der Waals surface area contributed by atoms with Crippen LogP contribution in [0.4, 0.5) is 17.3 Å². The van der Waals surface area contributed by atoms with Gasteiger partial charge in [0.05, 0.1) is 12.6 Å². The van der Waals surface area contributed by atoms with Gasteiger partial charge >= 0.3 is 5.88 Å². The van der Waals surface area contributed by atoms with Gasteiger partial charge < -0.3 is 15.1 Å². The first-order valence-electron chi connectivity index (χ1n) is 5.89. The third-order valence-electron chi connectivity index (χ3n) is 2.50. The zero-order valence-electron chi connectivity index (χ0n) is 10.8. The second kappa shape index (κ2) is 5.87. The number of hydrogen-bond donors (Lipinski definition) is 2. The summed E-state index contributed by atoms with van der Waals surface area (Å²) in [6.45, 7) is 1.78. The first-order chi connectivity index (χ1) is 9.54. The molecule has 1 amide bonds. The van der Waals surface area contributed by atoms with E-state index >= 15 is 0 Å². The molecular weight excluding hydrogens is 262 g/mol. The molecule has 1 heterocycles. The molecular formula is C13H13N3O4. The molecule has 0 saturated heterocycles. The molecule has 0 radical (unpaired) electrons. The number of hydrogen-bond acceptors (Lipinski definition) is 5. The summed E-state index contributed by atoms with van der Waals surface area (Å²) >= 11 is 0. The van der Waals surface area contributed by atoms with Crippen molar-refractivity contribution in [2.75, 3.05) is 10.6 Å². The Morgan fingerprint density at radius 1 is 1.20 bits per heavy atom. The first kappa shape index (κ1) is 13.6. The van der Waals surface area contributed by atoms with Crippen LogP contribution in [0.3, 0.4) is 0 Å². The average Bonchev–Trinajstić information content (AvgIpc) is 2.86. The molecule has 20 heavy (non-hydrogen) atoms. The summed E-state index contributed by atoms with van der Waals surface area (Å²) in [4.78, 5) is 20.8. The molecule has 0 spiro atoms. The predicted molar refractivity (Wildman–Crippen MR) is 73.4 cm³/mol. The van der Waals surface area contributed by atoms with Gasteiger partial charge in [-0.1, -0.05) is 0 Å². The van der Waals surface area contributed by atoms with Crippen molar-refractivity contribution < 1.29 is 14.1 Å². The summed E-state index contributed by atoms with van der Waals surface area (Å²) in [5.41, 5.74) is 1.52. The summed E-state index contributed by atoms with van der Waals surface area (Å²) in [7, 11) is 0. The molecule has 0 atom stereocenters. The molecule has 7 nitrogen and oxygen atoms in total. The van der Waals surface area contributed by atoms with Gasteiger partial charge in [0.2, 0.25) is 5.91 Å². The summed E-state index contributed by atoms with van der Waals surface area (Å²) in [6, 6.07) is 9.97. The van der Waals surface area contributed by atoms with Crippen molar-refractivity contribution in [1.29, 1.82) is 0 Å². The monoisotopic (exact) mass is 275 g/mol. The van der Waals surface area contributed by atoms with Crippen molar-refractivity contribution in [1.82, 2.24) is 0 Å². The van der Waals surface area contributed by atoms with E-state index in [9.17, 15) is 14.9 Å². The molecule has 104 valence electrons. The number of nitrogens with one attached hydrogen (secondary N) is 2. The number of nitrogens with zero attached hydrogens (tertiary/aromatic N) is 1. The summed E-state index contributed by atoms with van der Waals surface area (Å²) in [5, 5.41) is 16.2. The van der Waals surface area contributed by atoms with E-state index in [0.717, 1.165) is 5.69 Å². The Balaban J connectivity index is 1.93. The Kier molecular flexibility index (Phi) is 3.99. The van der Waals surface area contributed by atoms with Crippen molar-refractivity contribution in [3.05, 3.63) is 52.3 Å². The van der Waals surface area contributed by atoms with Gasteiger partial charge in [-0.3, -0.25) is 14.9 Å². The number of furan rings is 1. The number of nitro groups is 1. The van der Waals surface area contributed by atoms with Gasteiger partial charge in [-0.05, 0) is 30.3 Å². The quantitative estimate of drug-likeness (QED) is 0.646. The van der Waals surface area contributed by atoms with Crippen LogP contribution in [0.15, 0.2) is 40.8 Å². The number of rotatable bonds is 5. The predicted octanol–water partition coefficient (Wildman–Crippen LogP) is 2.76. The van der Waals surface area contributed by atoms with E-state index in [1.54, 1.807) is 30.3 Å².